The predicted molar refractivity (Wildman–Crippen MR) is 54.0 cm³/mol. The van der Waals surface area contributed by atoms with Crippen LogP contribution in [-0.4, -0.2) is 25.4 Å². The van der Waals surface area contributed by atoms with Gasteiger partial charge in [0, 0.05) is 7.11 Å². The summed E-state index contributed by atoms with van der Waals surface area (Å²) in [7, 11) is 1.62. The molecule has 1 aliphatic carbocycles. The molecule has 2 unspecified atom stereocenters. The molecule has 76 valence electrons. The van der Waals surface area contributed by atoms with Gasteiger partial charge in [0.15, 0.2) is 6.29 Å². The van der Waals surface area contributed by atoms with Crippen molar-refractivity contribution in [3.8, 4) is 0 Å². The lowest BCUT2D eigenvalue weighted by Gasteiger charge is -2.19. The van der Waals surface area contributed by atoms with Crippen molar-refractivity contribution < 1.29 is 9.47 Å². The maximum Gasteiger partial charge on any atom is 0.171 e. The Morgan fingerprint density at radius 2 is 2.23 bits per heavy atom. The van der Waals surface area contributed by atoms with Crippen molar-refractivity contribution in [2.45, 2.75) is 39.1 Å². The Morgan fingerprint density at radius 1 is 1.54 bits per heavy atom. The topological polar surface area (TPSA) is 18.5 Å². The molecule has 0 aromatic carbocycles. The number of alkyl halides is 1. The minimum Gasteiger partial charge on any atom is -0.355 e. The Bertz CT molecular complexity index is 197. The van der Waals surface area contributed by atoms with E-state index in [1.807, 2.05) is 0 Å². The maximum atomic E-state index is 5.68. The first-order chi connectivity index (χ1) is 6.19. The SMILES string of the molecule is COC(CCl)OC1CCC(C)=C1C. The summed E-state index contributed by atoms with van der Waals surface area (Å²) in [5, 5.41) is 0. The Hall–Kier alpha value is -0.0500. The van der Waals surface area contributed by atoms with Crippen molar-refractivity contribution in [3.05, 3.63) is 11.1 Å². The molecule has 0 amide bonds. The van der Waals surface area contributed by atoms with Crippen LogP contribution in [0.15, 0.2) is 11.1 Å². The Kier molecular flexibility index (Phi) is 4.23. The Morgan fingerprint density at radius 3 is 2.62 bits per heavy atom. The third-order valence-electron chi connectivity index (χ3n) is 2.64. The molecule has 0 radical (unpaired) electrons. The van der Waals surface area contributed by atoms with Crippen LogP contribution in [0.3, 0.4) is 0 Å². The molecule has 3 heteroatoms. The van der Waals surface area contributed by atoms with Crippen LogP contribution in [0.1, 0.15) is 26.7 Å². The third-order valence-corrected chi connectivity index (χ3v) is 2.89. The van der Waals surface area contributed by atoms with E-state index >= 15 is 0 Å². The minimum atomic E-state index is -0.271. The number of hydrogen-bond donors (Lipinski definition) is 0. The molecule has 0 aromatic rings. The van der Waals surface area contributed by atoms with E-state index in [-0.39, 0.29) is 12.4 Å². The van der Waals surface area contributed by atoms with Gasteiger partial charge >= 0.3 is 0 Å². The lowest BCUT2D eigenvalue weighted by Crippen LogP contribution is -2.24. The normalized spacial score (nSPS) is 25.4. The zero-order valence-electron chi connectivity index (χ0n) is 8.47. The molecule has 0 saturated carbocycles. The van der Waals surface area contributed by atoms with Gasteiger partial charge in [-0.25, -0.2) is 0 Å². The first-order valence-electron chi connectivity index (χ1n) is 4.59. The molecule has 13 heavy (non-hydrogen) atoms. The lowest BCUT2D eigenvalue weighted by molar-refractivity contribution is -0.131. The largest absolute Gasteiger partial charge is 0.355 e. The minimum absolute atomic E-state index is 0.212. The summed E-state index contributed by atoms with van der Waals surface area (Å²) in [5.74, 6) is 0.388. The third kappa shape index (κ3) is 2.70. The van der Waals surface area contributed by atoms with Gasteiger partial charge in [0.05, 0.1) is 12.0 Å². The van der Waals surface area contributed by atoms with Gasteiger partial charge in [-0.2, -0.15) is 0 Å². The fourth-order valence-electron chi connectivity index (χ4n) is 1.54. The van der Waals surface area contributed by atoms with Crippen LogP contribution in [0.4, 0.5) is 0 Å². The summed E-state index contributed by atoms with van der Waals surface area (Å²) in [5.41, 5.74) is 2.78. The number of methoxy groups -OCH3 is 1. The summed E-state index contributed by atoms with van der Waals surface area (Å²) in [6.45, 7) is 4.27. The maximum absolute atomic E-state index is 5.68. The van der Waals surface area contributed by atoms with Crippen molar-refractivity contribution in [1.29, 1.82) is 0 Å². The number of allylic oxidation sites excluding steroid dienone is 1. The molecule has 0 spiro atoms. The van der Waals surface area contributed by atoms with E-state index < -0.39 is 0 Å². The highest BCUT2D eigenvalue weighted by Gasteiger charge is 2.23. The van der Waals surface area contributed by atoms with Crippen LogP contribution in [-0.2, 0) is 9.47 Å². The summed E-state index contributed by atoms with van der Waals surface area (Å²) >= 11 is 5.66. The average Bonchev–Trinajstić information content (AvgIpc) is 2.45. The fourth-order valence-corrected chi connectivity index (χ4v) is 1.74. The van der Waals surface area contributed by atoms with Gasteiger partial charge in [-0.15, -0.1) is 11.6 Å². The van der Waals surface area contributed by atoms with Crippen molar-refractivity contribution in [1.82, 2.24) is 0 Å². The molecular weight excluding hydrogens is 188 g/mol. The molecular formula is C10H17ClO2. The van der Waals surface area contributed by atoms with Gasteiger partial charge in [-0.1, -0.05) is 5.57 Å². The van der Waals surface area contributed by atoms with Crippen molar-refractivity contribution in [2.75, 3.05) is 13.0 Å². The van der Waals surface area contributed by atoms with Gasteiger partial charge < -0.3 is 9.47 Å². The number of hydrogen-bond acceptors (Lipinski definition) is 2. The zero-order chi connectivity index (χ0) is 9.84. The standard InChI is InChI=1S/C10H17ClO2/c1-7-4-5-9(8(7)2)13-10(6-11)12-3/h9-10H,4-6H2,1-3H3. The Labute approximate surface area is 84.9 Å². The van der Waals surface area contributed by atoms with Crippen molar-refractivity contribution in [2.24, 2.45) is 0 Å². The fraction of sp³-hybridized carbons (Fsp3) is 0.800. The summed E-state index contributed by atoms with van der Waals surface area (Å²) in [4.78, 5) is 0. The van der Waals surface area contributed by atoms with E-state index in [2.05, 4.69) is 13.8 Å². The molecule has 2 atom stereocenters. The number of ether oxygens (including phenoxy) is 2. The average molecular weight is 205 g/mol. The van der Waals surface area contributed by atoms with Crippen molar-refractivity contribution >= 4 is 11.6 Å². The molecule has 0 heterocycles. The van der Waals surface area contributed by atoms with Crippen LogP contribution in [0.2, 0.25) is 0 Å². The smallest absolute Gasteiger partial charge is 0.171 e. The Balaban J connectivity index is 2.46. The highest BCUT2D eigenvalue weighted by molar-refractivity contribution is 6.18. The van der Waals surface area contributed by atoms with E-state index in [1.54, 1.807) is 7.11 Å². The van der Waals surface area contributed by atoms with Crippen molar-refractivity contribution in [3.63, 3.8) is 0 Å². The quantitative estimate of drug-likeness (QED) is 0.398. The lowest BCUT2D eigenvalue weighted by atomic mass is 10.2. The van der Waals surface area contributed by atoms with Crippen LogP contribution >= 0.6 is 11.6 Å². The van der Waals surface area contributed by atoms with Crippen LogP contribution in [0, 0.1) is 0 Å². The molecule has 0 bridgehead atoms. The van der Waals surface area contributed by atoms with E-state index in [0.717, 1.165) is 12.8 Å². The second-order valence-electron chi connectivity index (χ2n) is 3.45. The second kappa shape index (κ2) is 4.99. The summed E-state index contributed by atoms with van der Waals surface area (Å²) in [6.07, 6.45) is 2.14. The molecule has 2 nitrogen and oxygen atoms in total. The van der Waals surface area contributed by atoms with Gasteiger partial charge in [-0.05, 0) is 32.3 Å². The molecule has 0 fully saturated rings. The van der Waals surface area contributed by atoms with Gasteiger partial charge in [0.25, 0.3) is 0 Å². The molecule has 1 aliphatic rings. The number of rotatable bonds is 4. The monoisotopic (exact) mass is 204 g/mol. The first kappa shape index (κ1) is 11.0. The molecule has 0 aromatic heterocycles. The molecule has 0 N–H and O–H groups in total. The molecule has 0 aliphatic heterocycles. The number of halogens is 1. The van der Waals surface area contributed by atoms with Crippen LogP contribution in [0.5, 0.6) is 0 Å². The zero-order valence-corrected chi connectivity index (χ0v) is 9.23. The first-order valence-corrected chi connectivity index (χ1v) is 5.13. The highest BCUT2D eigenvalue weighted by atomic mass is 35.5. The van der Waals surface area contributed by atoms with Gasteiger partial charge in [-0.3, -0.25) is 0 Å². The summed E-state index contributed by atoms with van der Waals surface area (Å²) in [6, 6.07) is 0. The van der Waals surface area contributed by atoms with Crippen LogP contribution in [0.25, 0.3) is 0 Å². The van der Waals surface area contributed by atoms with E-state index in [9.17, 15) is 0 Å². The molecule has 1 rings (SSSR count). The molecule has 0 saturated heterocycles. The summed E-state index contributed by atoms with van der Waals surface area (Å²) < 4.78 is 10.7. The van der Waals surface area contributed by atoms with Gasteiger partial charge in [0.1, 0.15) is 0 Å². The second-order valence-corrected chi connectivity index (χ2v) is 3.75. The van der Waals surface area contributed by atoms with E-state index in [1.165, 1.54) is 11.1 Å². The predicted octanol–water partition coefficient (Wildman–Crippen LogP) is 2.71. The van der Waals surface area contributed by atoms with E-state index in [4.69, 9.17) is 21.1 Å². The van der Waals surface area contributed by atoms with Crippen LogP contribution < -0.4 is 0 Å². The van der Waals surface area contributed by atoms with E-state index in [0.29, 0.717) is 5.88 Å². The van der Waals surface area contributed by atoms with Gasteiger partial charge in [0.2, 0.25) is 0 Å². The highest BCUT2D eigenvalue weighted by Crippen LogP contribution is 2.28.